The van der Waals surface area contributed by atoms with Crippen LogP contribution in [0.25, 0.3) is 0 Å². The number of hydrogen-bond donors (Lipinski definition) is 0. The predicted molar refractivity (Wildman–Crippen MR) is 90.4 cm³/mol. The minimum absolute atomic E-state index is 0.0729. The van der Waals surface area contributed by atoms with E-state index < -0.39 is 0 Å². The molecule has 126 valence electrons. The van der Waals surface area contributed by atoms with Gasteiger partial charge in [-0.25, -0.2) is 0 Å². The van der Waals surface area contributed by atoms with Crippen molar-refractivity contribution in [2.24, 2.45) is 5.92 Å². The quantitative estimate of drug-likeness (QED) is 0.798. The lowest BCUT2D eigenvalue weighted by Crippen LogP contribution is -2.48. The number of methoxy groups -OCH3 is 1. The van der Waals surface area contributed by atoms with E-state index in [-0.39, 0.29) is 23.8 Å². The highest BCUT2D eigenvalue weighted by molar-refractivity contribution is 5.81. The third kappa shape index (κ3) is 4.24. The van der Waals surface area contributed by atoms with E-state index in [9.17, 15) is 9.59 Å². The Morgan fingerprint density at radius 3 is 2.43 bits per heavy atom. The predicted octanol–water partition coefficient (Wildman–Crippen LogP) is 2.10. The van der Waals surface area contributed by atoms with Gasteiger partial charge in [0.2, 0.25) is 5.91 Å². The van der Waals surface area contributed by atoms with E-state index in [1.54, 1.807) is 0 Å². The van der Waals surface area contributed by atoms with Gasteiger partial charge in [-0.05, 0) is 37.5 Å². The molecule has 0 unspecified atom stereocenters. The van der Waals surface area contributed by atoms with Crippen LogP contribution in [0, 0.1) is 5.92 Å². The number of benzene rings is 1. The third-order valence-corrected chi connectivity index (χ3v) is 4.54. The number of esters is 1. The molecule has 1 fully saturated rings. The number of piperidine rings is 1. The SMILES string of the molecule is COC(=O)[C@@H]1CC[C@H](C)N(C(=O)Cc2ccc(N(C)C)cc2)C1. The van der Waals surface area contributed by atoms with Crippen molar-refractivity contribution in [2.45, 2.75) is 32.2 Å². The van der Waals surface area contributed by atoms with E-state index in [1.807, 2.05) is 55.1 Å². The topological polar surface area (TPSA) is 49.9 Å². The number of likely N-dealkylation sites (tertiary alicyclic amines) is 1. The molecule has 2 atom stereocenters. The van der Waals surface area contributed by atoms with Gasteiger partial charge in [0.25, 0.3) is 0 Å². The fourth-order valence-corrected chi connectivity index (χ4v) is 3.00. The molecular weight excluding hydrogens is 292 g/mol. The molecule has 1 aliphatic rings. The van der Waals surface area contributed by atoms with Gasteiger partial charge in [0, 0.05) is 32.4 Å². The van der Waals surface area contributed by atoms with Gasteiger partial charge in [-0.15, -0.1) is 0 Å². The second-order valence-electron chi connectivity index (χ2n) is 6.43. The van der Waals surface area contributed by atoms with Gasteiger partial charge in [0.15, 0.2) is 0 Å². The number of carbonyl (C=O) groups excluding carboxylic acids is 2. The Bertz CT molecular complexity index is 554. The van der Waals surface area contributed by atoms with E-state index in [2.05, 4.69) is 0 Å². The van der Waals surface area contributed by atoms with Gasteiger partial charge in [0.1, 0.15) is 0 Å². The molecule has 1 heterocycles. The lowest BCUT2D eigenvalue weighted by molar-refractivity contribution is -0.150. The molecule has 0 spiro atoms. The molecule has 1 aromatic rings. The number of anilines is 1. The summed E-state index contributed by atoms with van der Waals surface area (Å²) in [6.45, 7) is 2.50. The molecule has 23 heavy (non-hydrogen) atoms. The Kier molecular flexibility index (Phi) is 5.64. The maximum Gasteiger partial charge on any atom is 0.310 e. The molecule has 1 amide bonds. The highest BCUT2D eigenvalue weighted by atomic mass is 16.5. The molecule has 0 saturated carbocycles. The number of hydrogen-bond acceptors (Lipinski definition) is 4. The van der Waals surface area contributed by atoms with Crippen molar-refractivity contribution in [3.05, 3.63) is 29.8 Å². The molecule has 5 nitrogen and oxygen atoms in total. The first kappa shape index (κ1) is 17.3. The first-order valence-electron chi connectivity index (χ1n) is 8.06. The number of ether oxygens (including phenoxy) is 1. The highest BCUT2D eigenvalue weighted by Crippen LogP contribution is 2.24. The normalized spacial score (nSPS) is 21.0. The number of amides is 1. The monoisotopic (exact) mass is 318 g/mol. The van der Waals surface area contributed by atoms with Crippen molar-refractivity contribution in [3.8, 4) is 0 Å². The summed E-state index contributed by atoms with van der Waals surface area (Å²) in [6, 6.07) is 8.17. The molecule has 1 aliphatic heterocycles. The number of rotatable bonds is 4. The van der Waals surface area contributed by atoms with Crippen LogP contribution < -0.4 is 4.90 Å². The summed E-state index contributed by atoms with van der Waals surface area (Å²) in [4.78, 5) is 28.2. The zero-order valence-corrected chi connectivity index (χ0v) is 14.4. The van der Waals surface area contributed by atoms with Crippen LogP contribution in [0.3, 0.4) is 0 Å². The summed E-state index contributed by atoms with van der Waals surface area (Å²) in [5, 5.41) is 0. The second-order valence-corrected chi connectivity index (χ2v) is 6.43. The van der Waals surface area contributed by atoms with Crippen LogP contribution in [0.5, 0.6) is 0 Å². The molecule has 5 heteroatoms. The average Bonchev–Trinajstić information content (AvgIpc) is 2.55. The van der Waals surface area contributed by atoms with E-state index in [1.165, 1.54) is 7.11 Å². The Balaban J connectivity index is 2.02. The number of nitrogens with zero attached hydrogens (tertiary/aromatic N) is 2. The third-order valence-electron chi connectivity index (χ3n) is 4.54. The molecule has 1 saturated heterocycles. The Hall–Kier alpha value is -2.04. The lowest BCUT2D eigenvalue weighted by Gasteiger charge is -2.37. The Labute approximate surface area is 138 Å². The van der Waals surface area contributed by atoms with Crippen LogP contribution in [0.2, 0.25) is 0 Å². The summed E-state index contributed by atoms with van der Waals surface area (Å²) in [7, 11) is 5.38. The van der Waals surface area contributed by atoms with Crippen molar-refractivity contribution >= 4 is 17.6 Å². The molecule has 2 rings (SSSR count). The van der Waals surface area contributed by atoms with Crippen molar-refractivity contribution < 1.29 is 14.3 Å². The molecule has 0 N–H and O–H groups in total. The maximum atomic E-state index is 12.6. The minimum Gasteiger partial charge on any atom is -0.469 e. The Morgan fingerprint density at radius 1 is 1.22 bits per heavy atom. The van der Waals surface area contributed by atoms with Gasteiger partial charge >= 0.3 is 5.97 Å². The lowest BCUT2D eigenvalue weighted by atomic mass is 9.93. The minimum atomic E-state index is -0.218. The average molecular weight is 318 g/mol. The van der Waals surface area contributed by atoms with Crippen molar-refractivity contribution in [1.82, 2.24) is 4.90 Å². The largest absolute Gasteiger partial charge is 0.469 e. The highest BCUT2D eigenvalue weighted by Gasteiger charge is 2.32. The second kappa shape index (κ2) is 7.49. The van der Waals surface area contributed by atoms with Crippen LogP contribution in [0.15, 0.2) is 24.3 Å². The Morgan fingerprint density at radius 2 is 1.87 bits per heavy atom. The molecule has 0 bridgehead atoms. The van der Waals surface area contributed by atoms with Crippen LogP contribution in [0.4, 0.5) is 5.69 Å². The number of carbonyl (C=O) groups is 2. The molecule has 1 aromatic carbocycles. The van der Waals surface area contributed by atoms with Crippen LogP contribution in [-0.2, 0) is 20.7 Å². The molecule has 0 aromatic heterocycles. The fraction of sp³-hybridized carbons (Fsp3) is 0.556. The van der Waals surface area contributed by atoms with Gasteiger partial charge in [-0.3, -0.25) is 9.59 Å². The van der Waals surface area contributed by atoms with Crippen molar-refractivity contribution in [1.29, 1.82) is 0 Å². The summed E-state index contributed by atoms with van der Waals surface area (Å²) in [5.74, 6) is -0.343. The zero-order valence-electron chi connectivity index (χ0n) is 14.4. The van der Waals surface area contributed by atoms with Crippen molar-refractivity contribution in [2.75, 3.05) is 32.6 Å². The van der Waals surface area contributed by atoms with Crippen LogP contribution >= 0.6 is 0 Å². The smallest absolute Gasteiger partial charge is 0.310 e. The first-order valence-corrected chi connectivity index (χ1v) is 8.06. The van der Waals surface area contributed by atoms with Gasteiger partial charge in [0.05, 0.1) is 19.4 Å². The van der Waals surface area contributed by atoms with Crippen LogP contribution in [-0.4, -0.2) is 50.6 Å². The fourth-order valence-electron chi connectivity index (χ4n) is 3.00. The standard InChI is InChI=1S/C18H26N2O3/c1-13-5-8-15(18(22)23-4)12-20(13)17(21)11-14-6-9-16(10-7-14)19(2)3/h6-7,9-10,13,15H,5,8,11-12H2,1-4H3/t13-,15+/m0/s1. The summed E-state index contributed by atoms with van der Waals surface area (Å²) in [6.07, 6.45) is 1.99. The van der Waals surface area contributed by atoms with Gasteiger partial charge in [-0.1, -0.05) is 12.1 Å². The maximum absolute atomic E-state index is 12.6. The van der Waals surface area contributed by atoms with E-state index in [4.69, 9.17) is 4.74 Å². The van der Waals surface area contributed by atoms with E-state index >= 15 is 0 Å². The van der Waals surface area contributed by atoms with E-state index in [0.717, 1.165) is 24.1 Å². The summed E-state index contributed by atoms with van der Waals surface area (Å²) in [5.41, 5.74) is 2.10. The summed E-state index contributed by atoms with van der Waals surface area (Å²) >= 11 is 0. The first-order chi connectivity index (χ1) is 10.9. The van der Waals surface area contributed by atoms with E-state index in [0.29, 0.717) is 13.0 Å². The van der Waals surface area contributed by atoms with Gasteiger partial charge in [-0.2, -0.15) is 0 Å². The van der Waals surface area contributed by atoms with Gasteiger partial charge < -0.3 is 14.5 Å². The zero-order chi connectivity index (χ0) is 17.0. The molecular formula is C18H26N2O3. The molecule has 0 radical (unpaired) electrons. The van der Waals surface area contributed by atoms with Crippen molar-refractivity contribution in [3.63, 3.8) is 0 Å². The molecule has 0 aliphatic carbocycles. The van der Waals surface area contributed by atoms with Crippen LogP contribution in [0.1, 0.15) is 25.3 Å². The summed E-state index contributed by atoms with van der Waals surface area (Å²) < 4.78 is 4.83.